The van der Waals surface area contributed by atoms with E-state index in [1.807, 2.05) is 12.3 Å². The van der Waals surface area contributed by atoms with E-state index in [4.69, 9.17) is 9.47 Å². The highest BCUT2D eigenvalue weighted by Gasteiger charge is 2.40. The molecule has 0 radical (unpaired) electrons. The number of aromatic nitrogens is 2. The van der Waals surface area contributed by atoms with Gasteiger partial charge in [0, 0.05) is 30.0 Å². The van der Waals surface area contributed by atoms with Crippen LogP contribution in [0.25, 0.3) is 10.9 Å². The third-order valence-corrected chi connectivity index (χ3v) is 4.41. The van der Waals surface area contributed by atoms with Crippen LogP contribution in [0.15, 0.2) is 24.4 Å². The summed E-state index contributed by atoms with van der Waals surface area (Å²) in [6.45, 7) is 1.48. The van der Waals surface area contributed by atoms with Crippen LogP contribution in [-0.2, 0) is 9.47 Å². The van der Waals surface area contributed by atoms with Gasteiger partial charge in [-0.05, 0) is 25.0 Å². The number of benzene rings is 1. The Morgan fingerprint density at radius 3 is 2.80 bits per heavy atom. The second kappa shape index (κ2) is 4.75. The minimum absolute atomic E-state index is 0.278. The minimum atomic E-state index is -0.278. The molecule has 5 heteroatoms. The standard InChI is InChI=1S/C15H19N3O2/c1-2-13(12-10-16-18-14(12)3-1)17-11-4-6-15(7-5-11)19-8-9-20-15/h1-3,10-11,17H,4-9H2,(H,16,18). The van der Waals surface area contributed by atoms with E-state index in [9.17, 15) is 0 Å². The topological polar surface area (TPSA) is 59.2 Å². The third kappa shape index (κ3) is 2.07. The molecule has 0 atom stereocenters. The molecule has 2 heterocycles. The van der Waals surface area contributed by atoms with Gasteiger partial charge < -0.3 is 14.8 Å². The van der Waals surface area contributed by atoms with Gasteiger partial charge in [0.1, 0.15) is 0 Å². The van der Waals surface area contributed by atoms with Crippen molar-refractivity contribution in [2.75, 3.05) is 18.5 Å². The van der Waals surface area contributed by atoms with E-state index in [0.29, 0.717) is 6.04 Å². The van der Waals surface area contributed by atoms with Crippen molar-refractivity contribution in [3.8, 4) is 0 Å². The Morgan fingerprint density at radius 2 is 2.00 bits per heavy atom. The lowest BCUT2D eigenvalue weighted by Crippen LogP contribution is -2.39. The highest BCUT2D eigenvalue weighted by atomic mass is 16.7. The maximum atomic E-state index is 5.77. The molecule has 0 amide bonds. The van der Waals surface area contributed by atoms with Crippen LogP contribution in [0.2, 0.25) is 0 Å². The summed E-state index contributed by atoms with van der Waals surface area (Å²) in [6.07, 6.45) is 5.99. The predicted octanol–water partition coefficient (Wildman–Crippen LogP) is 2.66. The highest BCUT2D eigenvalue weighted by Crippen LogP contribution is 2.37. The van der Waals surface area contributed by atoms with E-state index in [2.05, 4.69) is 27.6 Å². The normalized spacial score (nSPS) is 22.6. The lowest BCUT2D eigenvalue weighted by Gasteiger charge is -2.36. The van der Waals surface area contributed by atoms with Crippen LogP contribution in [0, 0.1) is 0 Å². The van der Waals surface area contributed by atoms with Crippen molar-refractivity contribution in [2.24, 2.45) is 0 Å². The number of rotatable bonds is 2. The molecule has 1 aliphatic carbocycles. The van der Waals surface area contributed by atoms with Crippen LogP contribution in [0.5, 0.6) is 0 Å². The Kier molecular flexibility index (Phi) is 2.89. The maximum Gasteiger partial charge on any atom is 0.168 e. The summed E-state index contributed by atoms with van der Waals surface area (Å²) in [7, 11) is 0. The summed E-state index contributed by atoms with van der Waals surface area (Å²) < 4.78 is 11.5. The first-order chi connectivity index (χ1) is 9.85. The van der Waals surface area contributed by atoms with Crippen molar-refractivity contribution in [3.05, 3.63) is 24.4 Å². The van der Waals surface area contributed by atoms with Gasteiger partial charge in [-0.25, -0.2) is 0 Å². The molecule has 2 aromatic rings. The summed E-state index contributed by atoms with van der Waals surface area (Å²) in [5.74, 6) is -0.278. The second-order valence-electron chi connectivity index (χ2n) is 5.66. The van der Waals surface area contributed by atoms with Gasteiger partial charge in [-0.3, -0.25) is 5.10 Å². The number of anilines is 1. The van der Waals surface area contributed by atoms with Crippen LogP contribution in [0.1, 0.15) is 25.7 Å². The van der Waals surface area contributed by atoms with Crippen molar-refractivity contribution in [1.82, 2.24) is 10.2 Å². The van der Waals surface area contributed by atoms with Crippen molar-refractivity contribution in [1.29, 1.82) is 0 Å². The molecular formula is C15H19N3O2. The summed E-state index contributed by atoms with van der Waals surface area (Å²) >= 11 is 0. The monoisotopic (exact) mass is 273 g/mol. The molecule has 1 saturated heterocycles. The summed E-state index contributed by atoms with van der Waals surface area (Å²) in [6, 6.07) is 6.69. The molecule has 1 aromatic heterocycles. The van der Waals surface area contributed by atoms with Crippen LogP contribution in [-0.4, -0.2) is 35.2 Å². The zero-order valence-electron chi connectivity index (χ0n) is 11.4. The van der Waals surface area contributed by atoms with E-state index in [1.54, 1.807) is 0 Å². The molecular weight excluding hydrogens is 254 g/mol. The highest BCUT2D eigenvalue weighted by molar-refractivity contribution is 5.90. The van der Waals surface area contributed by atoms with Crippen molar-refractivity contribution < 1.29 is 9.47 Å². The zero-order chi connectivity index (χ0) is 13.4. The first-order valence-corrected chi connectivity index (χ1v) is 7.31. The maximum absolute atomic E-state index is 5.77. The lowest BCUT2D eigenvalue weighted by atomic mass is 9.90. The molecule has 0 unspecified atom stereocenters. The van der Waals surface area contributed by atoms with Crippen LogP contribution < -0.4 is 5.32 Å². The number of hydrogen-bond donors (Lipinski definition) is 2. The molecule has 2 fully saturated rings. The molecule has 5 nitrogen and oxygen atoms in total. The Bertz CT molecular complexity index is 594. The molecule has 1 spiro atoms. The molecule has 2 aliphatic rings. The van der Waals surface area contributed by atoms with Crippen LogP contribution in [0.4, 0.5) is 5.69 Å². The molecule has 1 aliphatic heterocycles. The van der Waals surface area contributed by atoms with Gasteiger partial charge in [-0.15, -0.1) is 0 Å². The number of H-pyrrole nitrogens is 1. The number of fused-ring (bicyclic) bond motifs is 1. The van der Waals surface area contributed by atoms with Crippen LogP contribution >= 0.6 is 0 Å². The zero-order valence-corrected chi connectivity index (χ0v) is 11.4. The molecule has 1 aromatic carbocycles. The molecule has 2 N–H and O–H groups in total. The van der Waals surface area contributed by atoms with Gasteiger partial charge in [-0.1, -0.05) is 6.07 Å². The molecule has 1 saturated carbocycles. The average Bonchev–Trinajstić information content (AvgIpc) is 3.12. The van der Waals surface area contributed by atoms with E-state index in [-0.39, 0.29) is 5.79 Å². The van der Waals surface area contributed by atoms with E-state index < -0.39 is 0 Å². The molecule has 20 heavy (non-hydrogen) atoms. The van der Waals surface area contributed by atoms with Crippen molar-refractivity contribution in [3.63, 3.8) is 0 Å². The van der Waals surface area contributed by atoms with Crippen LogP contribution in [0.3, 0.4) is 0 Å². The summed E-state index contributed by atoms with van der Waals surface area (Å²) in [5, 5.41) is 11.9. The quantitative estimate of drug-likeness (QED) is 0.883. The van der Waals surface area contributed by atoms with Gasteiger partial charge in [-0.2, -0.15) is 5.10 Å². The fourth-order valence-corrected chi connectivity index (χ4v) is 3.30. The number of nitrogens with one attached hydrogen (secondary N) is 2. The summed E-state index contributed by atoms with van der Waals surface area (Å²) in [5.41, 5.74) is 2.23. The number of aromatic amines is 1. The minimum Gasteiger partial charge on any atom is -0.382 e. The predicted molar refractivity (Wildman–Crippen MR) is 76.6 cm³/mol. The number of nitrogens with zero attached hydrogens (tertiary/aromatic N) is 1. The Balaban J connectivity index is 1.46. The van der Waals surface area contributed by atoms with E-state index in [0.717, 1.165) is 55.5 Å². The smallest absolute Gasteiger partial charge is 0.168 e. The number of hydrogen-bond acceptors (Lipinski definition) is 4. The SMILES string of the molecule is c1cc(NC2CCC3(CC2)OCCO3)c2cn[nH]c2c1. The number of ether oxygens (including phenoxy) is 2. The van der Waals surface area contributed by atoms with Gasteiger partial charge in [0.15, 0.2) is 5.79 Å². The lowest BCUT2D eigenvalue weighted by molar-refractivity contribution is -0.177. The van der Waals surface area contributed by atoms with Gasteiger partial charge >= 0.3 is 0 Å². The van der Waals surface area contributed by atoms with Crippen molar-refractivity contribution >= 4 is 16.6 Å². The van der Waals surface area contributed by atoms with E-state index in [1.165, 1.54) is 0 Å². The fraction of sp³-hybridized carbons (Fsp3) is 0.533. The molecule has 0 bridgehead atoms. The molecule has 4 rings (SSSR count). The summed E-state index contributed by atoms with van der Waals surface area (Å²) in [4.78, 5) is 0. The third-order valence-electron chi connectivity index (χ3n) is 4.41. The Labute approximate surface area is 117 Å². The Hall–Kier alpha value is -1.59. The largest absolute Gasteiger partial charge is 0.382 e. The van der Waals surface area contributed by atoms with Crippen molar-refractivity contribution in [2.45, 2.75) is 37.5 Å². The van der Waals surface area contributed by atoms with Gasteiger partial charge in [0.25, 0.3) is 0 Å². The average molecular weight is 273 g/mol. The second-order valence-corrected chi connectivity index (χ2v) is 5.66. The Morgan fingerprint density at radius 1 is 1.20 bits per heavy atom. The first kappa shape index (κ1) is 12.2. The van der Waals surface area contributed by atoms with E-state index >= 15 is 0 Å². The van der Waals surface area contributed by atoms with Gasteiger partial charge in [0.2, 0.25) is 0 Å². The molecule has 106 valence electrons. The fourth-order valence-electron chi connectivity index (χ4n) is 3.30. The van der Waals surface area contributed by atoms with Gasteiger partial charge in [0.05, 0.1) is 24.9 Å². The first-order valence-electron chi connectivity index (χ1n) is 7.31.